The van der Waals surface area contributed by atoms with Crippen molar-refractivity contribution in [2.45, 2.75) is 13.0 Å². The van der Waals surface area contributed by atoms with Crippen molar-refractivity contribution in [3.8, 4) is 0 Å². The molecule has 2 aromatic rings. The highest BCUT2D eigenvalue weighted by Gasteiger charge is 2.12. The van der Waals surface area contributed by atoms with Crippen LogP contribution < -0.4 is 11.1 Å². The maximum absolute atomic E-state index is 12.1. The number of nitrogen functional groups attached to an aromatic ring is 1. The largest absolute Gasteiger partial charge is 0.398 e. The van der Waals surface area contributed by atoms with Crippen LogP contribution in [0.5, 0.6) is 0 Å². The summed E-state index contributed by atoms with van der Waals surface area (Å²) in [5.74, 6) is -0.134. The molecule has 5 heteroatoms. The Morgan fingerprint density at radius 1 is 1.32 bits per heavy atom. The van der Waals surface area contributed by atoms with Gasteiger partial charge in [-0.2, -0.15) is 0 Å². The third kappa shape index (κ3) is 3.32. The lowest BCUT2D eigenvalue weighted by molar-refractivity contribution is 0.0940. The fourth-order valence-electron chi connectivity index (χ4n) is 1.68. The fraction of sp³-hybridized carbons (Fsp3) is 0.143. The first kappa shape index (κ1) is 13.5. The highest BCUT2D eigenvalue weighted by Crippen LogP contribution is 2.21. The summed E-state index contributed by atoms with van der Waals surface area (Å²) >= 11 is 3.31. The minimum absolute atomic E-state index is 0.0770. The molecule has 98 valence electrons. The number of amides is 1. The molecule has 0 bridgehead atoms. The Bertz CT molecular complexity index is 586. The van der Waals surface area contributed by atoms with Crippen LogP contribution in [-0.4, -0.2) is 10.9 Å². The van der Waals surface area contributed by atoms with Crippen molar-refractivity contribution in [2.75, 3.05) is 5.73 Å². The highest BCUT2D eigenvalue weighted by atomic mass is 79.9. The molecule has 0 fully saturated rings. The van der Waals surface area contributed by atoms with Crippen molar-refractivity contribution in [3.63, 3.8) is 0 Å². The van der Waals surface area contributed by atoms with E-state index in [0.717, 1.165) is 10.0 Å². The summed E-state index contributed by atoms with van der Waals surface area (Å²) < 4.78 is 0.719. The molecule has 0 saturated carbocycles. The lowest BCUT2D eigenvalue weighted by atomic mass is 10.1. The number of anilines is 1. The monoisotopic (exact) mass is 319 g/mol. The van der Waals surface area contributed by atoms with E-state index in [9.17, 15) is 4.79 Å². The first-order chi connectivity index (χ1) is 9.08. The van der Waals surface area contributed by atoms with Gasteiger partial charge < -0.3 is 11.1 Å². The van der Waals surface area contributed by atoms with Gasteiger partial charge in [0.25, 0.3) is 5.91 Å². The minimum atomic E-state index is -0.134. The topological polar surface area (TPSA) is 68.0 Å². The normalized spacial score (nSPS) is 11.9. The number of halogens is 1. The van der Waals surface area contributed by atoms with Crippen molar-refractivity contribution < 1.29 is 4.79 Å². The molecule has 4 nitrogen and oxygen atoms in total. The van der Waals surface area contributed by atoms with Gasteiger partial charge in [0.2, 0.25) is 0 Å². The molecule has 0 spiro atoms. The van der Waals surface area contributed by atoms with Gasteiger partial charge in [0.05, 0.1) is 6.04 Å². The quantitative estimate of drug-likeness (QED) is 0.855. The van der Waals surface area contributed by atoms with E-state index in [1.54, 1.807) is 30.6 Å². The van der Waals surface area contributed by atoms with E-state index in [-0.39, 0.29) is 11.9 Å². The van der Waals surface area contributed by atoms with Crippen LogP contribution in [-0.2, 0) is 0 Å². The number of hydrogen-bond donors (Lipinski definition) is 2. The second-order valence-corrected chi connectivity index (χ2v) is 5.07. The van der Waals surface area contributed by atoms with Crippen LogP contribution in [0, 0.1) is 0 Å². The van der Waals surface area contributed by atoms with Crippen molar-refractivity contribution in [3.05, 3.63) is 58.3 Å². The lowest BCUT2D eigenvalue weighted by Crippen LogP contribution is -2.26. The molecule has 0 saturated heterocycles. The van der Waals surface area contributed by atoms with E-state index in [2.05, 4.69) is 26.2 Å². The zero-order valence-electron chi connectivity index (χ0n) is 10.4. The molecule has 1 amide bonds. The summed E-state index contributed by atoms with van der Waals surface area (Å²) in [6.07, 6.45) is 3.41. The van der Waals surface area contributed by atoms with Gasteiger partial charge in [-0.05, 0) is 58.7 Å². The van der Waals surface area contributed by atoms with Crippen LogP contribution in [0.15, 0.2) is 47.2 Å². The average molecular weight is 320 g/mol. The predicted molar refractivity (Wildman–Crippen MR) is 78.7 cm³/mol. The second-order valence-electron chi connectivity index (χ2n) is 4.21. The van der Waals surface area contributed by atoms with Crippen LogP contribution >= 0.6 is 15.9 Å². The second kappa shape index (κ2) is 5.84. The van der Waals surface area contributed by atoms with Crippen LogP contribution in [0.4, 0.5) is 5.69 Å². The smallest absolute Gasteiger partial charge is 0.251 e. The van der Waals surface area contributed by atoms with E-state index in [1.165, 1.54) is 0 Å². The van der Waals surface area contributed by atoms with Gasteiger partial charge in [-0.1, -0.05) is 0 Å². The van der Waals surface area contributed by atoms with Crippen molar-refractivity contribution in [2.24, 2.45) is 0 Å². The van der Waals surface area contributed by atoms with Gasteiger partial charge in [-0.25, -0.2) is 0 Å². The molecule has 1 aromatic heterocycles. The Labute approximate surface area is 120 Å². The summed E-state index contributed by atoms with van der Waals surface area (Å²) in [5, 5.41) is 2.93. The maximum atomic E-state index is 12.1. The van der Waals surface area contributed by atoms with Crippen LogP contribution in [0.2, 0.25) is 0 Å². The number of nitrogens with zero attached hydrogens (tertiary/aromatic N) is 1. The van der Waals surface area contributed by atoms with E-state index < -0.39 is 0 Å². The summed E-state index contributed by atoms with van der Waals surface area (Å²) in [6, 6.07) is 8.80. The number of rotatable bonds is 3. The Hall–Kier alpha value is -1.88. The SMILES string of the molecule is C[C@@H](NC(=O)c1ccc(N)c(Br)c1)c1ccncc1. The summed E-state index contributed by atoms with van der Waals surface area (Å²) in [7, 11) is 0. The van der Waals surface area contributed by atoms with Gasteiger partial charge in [-0.3, -0.25) is 9.78 Å². The fourth-order valence-corrected chi connectivity index (χ4v) is 2.06. The summed E-state index contributed by atoms with van der Waals surface area (Å²) in [6.45, 7) is 1.93. The first-order valence-corrected chi connectivity index (χ1v) is 6.63. The number of pyridine rings is 1. The third-order valence-electron chi connectivity index (χ3n) is 2.82. The molecule has 0 aliphatic heterocycles. The van der Waals surface area contributed by atoms with Crippen LogP contribution in [0.1, 0.15) is 28.9 Å². The molecule has 1 atom stereocenters. The maximum Gasteiger partial charge on any atom is 0.251 e. The van der Waals surface area contributed by atoms with Gasteiger partial charge >= 0.3 is 0 Å². The van der Waals surface area contributed by atoms with Crippen molar-refractivity contribution in [1.29, 1.82) is 0 Å². The van der Waals surface area contributed by atoms with Crippen molar-refractivity contribution >= 4 is 27.5 Å². The molecule has 0 unspecified atom stereocenters. The Morgan fingerprint density at radius 3 is 2.63 bits per heavy atom. The number of carbonyl (C=O) groups is 1. The summed E-state index contributed by atoms with van der Waals surface area (Å²) in [4.78, 5) is 16.1. The number of nitrogens with one attached hydrogen (secondary N) is 1. The van der Waals surface area contributed by atoms with Gasteiger partial charge in [0.1, 0.15) is 0 Å². The van der Waals surface area contributed by atoms with Gasteiger partial charge in [0, 0.05) is 28.1 Å². The molecular formula is C14H14BrN3O. The minimum Gasteiger partial charge on any atom is -0.398 e. The molecular weight excluding hydrogens is 306 g/mol. The average Bonchev–Trinajstić information content (AvgIpc) is 2.42. The van der Waals surface area contributed by atoms with Crippen molar-refractivity contribution in [1.82, 2.24) is 10.3 Å². The Kier molecular flexibility index (Phi) is 4.16. The molecule has 1 heterocycles. The zero-order valence-corrected chi connectivity index (χ0v) is 12.0. The molecule has 3 N–H and O–H groups in total. The Balaban J connectivity index is 2.11. The van der Waals surface area contributed by atoms with E-state index in [4.69, 9.17) is 5.73 Å². The molecule has 1 aromatic carbocycles. The molecule has 2 rings (SSSR count). The third-order valence-corrected chi connectivity index (χ3v) is 3.50. The molecule has 0 aliphatic rings. The van der Waals surface area contributed by atoms with E-state index in [1.807, 2.05) is 19.1 Å². The standard InChI is InChI=1S/C14H14BrN3O/c1-9(10-4-6-17-7-5-10)18-14(19)11-2-3-13(16)12(15)8-11/h2-9H,16H2,1H3,(H,18,19)/t9-/m1/s1. The molecule has 0 radical (unpaired) electrons. The first-order valence-electron chi connectivity index (χ1n) is 5.83. The lowest BCUT2D eigenvalue weighted by Gasteiger charge is -2.14. The van der Waals surface area contributed by atoms with Crippen LogP contribution in [0.25, 0.3) is 0 Å². The number of benzene rings is 1. The number of carbonyl (C=O) groups excluding carboxylic acids is 1. The van der Waals surface area contributed by atoms with Crippen LogP contribution in [0.3, 0.4) is 0 Å². The number of nitrogens with two attached hydrogens (primary N) is 1. The number of aromatic nitrogens is 1. The zero-order chi connectivity index (χ0) is 13.8. The number of hydrogen-bond acceptors (Lipinski definition) is 3. The summed E-state index contributed by atoms with van der Waals surface area (Å²) in [5.41, 5.74) is 7.89. The van der Waals surface area contributed by atoms with Gasteiger partial charge in [0.15, 0.2) is 0 Å². The Morgan fingerprint density at radius 2 is 2.00 bits per heavy atom. The molecule has 0 aliphatic carbocycles. The van der Waals surface area contributed by atoms with E-state index in [0.29, 0.717) is 11.3 Å². The molecule has 19 heavy (non-hydrogen) atoms. The highest BCUT2D eigenvalue weighted by molar-refractivity contribution is 9.10. The van der Waals surface area contributed by atoms with E-state index >= 15 is 0 Å². The van der Waals surface area contributed by atoms with Gasteiger partial charge in [-0.15, -0.1) is 0 Å². The predicted octanol–water partition coefficient (Wildman–Crippen LogP) is 2.92.